The van der Waals surface area contributed by atoms with Gasteiger partial charge in [0.1, 0.15) is 5.54 Å². The number of hydrogen-bond donors (Lipinski definition) is 1. The zero-order valence-corrected chi connectivity index (χ0v) is 18.6. The van der Waals surface area contributed by atoms with Crippen LogP contribution in [0.5, 0.6) is 0 Å². The number of amidine groups is 1. The Balaban J connectivity index is 1.81. The van der Waals surface area contributed by atoms with Crippen molar-refractivity contribution < 1.29 is 9.18 Å². The molecule has 0 aromatic heterocycles. The van der Waals surface area contributed by atoms with Crippen LogP contribution in [0.4, 0.5) is 4.39 Å². The third-order valence-electron chi connectivity index (χ3n) is 5.58. The average molecular weight is 439 g/mol. The molecule has 31 heavy (non-hydrogen) atoms. The number of nitrogens with zero attached hydrogens (tertiary/aromatic N) is 3. The second-order valence-corrected chi connectivity index (χ2v) is 8.48. The molecular formula is C24H27FN4OS. The Kier molecular flexibility index (Phi) is 7.28. The van der Waals surface area contributed by atoms with Crippen molar-refractivity contribution in [1.82, 2.24) is 4.90 Å². The van der Waals surface area contributed by atoms with Gasteiger partial charge in [0.25, 0.3) is 5.91 Å². The molecule has 1 aromatic carbocycles. The van der Waals surface area contributed by atoms with Crippen molar-refractivity contribution in [3.8, 4) is 0 Å². The van der Waals surface area contributed by atoms with Crippen LogP contribution in [0, 0.1) is 5.92 Å². The quantitative estimate of drug-likeness (QED) is 0.535. The predicted molar refractivity (Wildman–Crippen MR) is 128 cm³/mol. The number of carbonyl (C=O) groups excluding carboxylic acids is 1. The van der Waals surface area contributed by atoms with Crippen LogP contribution in [0.2, 0.25) is 0 Å². The number of fused-ring (bicyclic) bond motifs is 1. The van der Waals surface area contributed by atoms with E-state index in [1.807, 2.05) is 41.3 Å². The third-order valence-corrected chi connectivity index (χ3v) is 6.54. The molecule has 0 spiro atoms. The van der Waals surface area contributed by atoms with Crippen LogP contribution in [-0.2, 0) is 0 Å². The number of thioether (sulfide) groups is 1. The van der Waals surface area contributed by atoms with E-state index in [1.54, 1.807) is 31.2 Å². The van der Waals surface area contributed by atoms with Crippen molar-refractivity contribution in [2.45, 2.75) is 12.5 Å². The van der Waals surface area contributed by atoms with E-state index >= 15 is 0 Å². The fourth-order valence-corrected chi connectivity index (χ4v) is 4.86. The molecule has 0 saturated carbocycles. The summed E-state index contributed by atoms with van der Waals surface area (Å²) in [5.41, 5.74) is 7.27. The fraction of sp³-hybridized carbons (Fsp3) is 0.292. The van der Waals surface area contributed by atoms with Crippen LogP contribution in [0.15, 0.2) is 88.4 Å². The number of carbonyl (C=O) groups is 1. The van der Waals surface area contributed by atoms with Crippen LogP contribution in [0.25, 0.3) is 0 Å². The van der Waals surface area contributed by atoms with E-state index in [9.17, 15) is 9.18 Å². The molecule has 0 radical (unpaired) electrons. The molecule has 1 fully saturated rings. The molecule has 3 rings (SSSR count). The predicted octanol–water partition coefficient (Wildman–Crippen LogP) is 4.17. The molecule has 1 amide bonds. The number of hydrogen-bond acceptors (Lipinski definition) is 5. The summed E-state index contributed by atoms with van der Waals surface area (Å²) in [4.78, 5) is 23.2. The van der Waals surface area contributed by atoms with E-state index in [4.69, 9.17) is 10.7 Å². The van der Waals surface area contributed by atoms with Crippen molar-refractivity contribution in [3.63, 3.8) is 0 Å². The van der Waals surface area contributed by atoms with Gasteiger partial charge in [-0.3, -0.25) is 9.79 Å². The van der Waals surface area contributed by atoms with E-state index in [0.29, 0.717) is 29.4 Å². The molecule has 7 heteroatoms. The minimum absolute atomic E-state index is 0.0168. The molecule has 0 aliphatic carbocycles. The molecule has 1 aromatic rings. The lowest BCUT2D eigenvalue weighted by Gasteiger charge is -2.34. The Hall–Kier alpha value is -2.93. The highest BCUT2D eigenvalue weighted by Crippen LogP contribution is 2.43. The largest absolute Gasteiger partial charge is 0.379 e. The number of aliphatic imine (C=N–C) groups is 2. The maximum atomic E-state index is 13.7. The fourth-order valence-electron chi connectivity index (χ4n) is 3.88. The normalized spacial score (nSPS) is 24.5. The molecule has 162 valence electrons. The lowest BCUT2D eigenvalue weighted by molar-refractivity contribution is 0.0784. The van der Waals surface area contributed by atoms with Crippen LogP contribution in [0.1, 0.15) is 17.3 Å². The molecular weight excluding hydrogens is 411 g/mol. The van der Waals surface area contributed by atoms with Gasteiger partial charge in [-0.1, -0.05) is 66.9 Å². The molecule has 1 saturated heterocycles. The van der Waals surface area contributed by atoms with Gasteiger partial charge in [0, 0.05) is 36.4 Å². The second kappa shape index (κ2) is 9.92. The zero-order chi connectivity index (χ0) is 22.4. The van der Waals surface area contributed by atoms with Crippen molar-refractivity contribution >= 4 is 28.8 Å². The van der Waals surface area contributed by atoms with Gasteiger partial charge in [-0.2, -0.15) is 4.39 Å². The summed E-state index contributed by atoms with van der Waals surface area (Å²) in [6.45, 7) is 7.04. The summed E-state index contributed by atoms with van der Waals surface area (Å²) in [6, 6.07) is 9.25. The van der Waals surface area contributed by atoms with Crippen molar-refractivity contribution in [1.29, 1.82) is 0 Å². The molecule has 2 aliphatic heterocycles. The Morgan fingerprint density at radius 3 is 2.74 bits per heavy atom. The van der Waals surface area contributed by atoms with Crippen LogP contribution in [0.3, 0.4) is 0 Å². The second-order valence-electron chi connectivity index (χ2n) is 7.44. The van der Waals surface area contributed by atoms with Crippen molar-refractivity contribution in [2.24, 2.45) is 21.6 Å². The van der Waals surface area contributed by atoms with Crippen molar-refractivity contribution in [2.75, 3.05) is 25.9 Å². The minimum atomic E-state index is -0.649. The summed E-state index contributed by atoms with van der Waals surface area (Å²) in [5.74, 6) is 0.362. The smallest absolute Gasteiger partial charge is 0.253 e. The number of likely N-dealkylation sites (tertiary alicyclic amines) is 1. The lowest BCUT2D eigenvalue weighted by atomic mass is 9.82. The maximum Gasteiger partial charge on any atom is 0.253 e. The number of allylic oxidation sites excluding steroid dienone is 5. The monoisotopic (exact) mass is 438 g/mol. The Morgan fingerprint density at radius 2 is 2.06 bits per heavy atom. The van der Waals surface area contributed by atoms with Gasteiger partial charge in [0.15, 0.2) is 5.17 Å². The summed E-state index contributed by atoms with van der Waals surface area (Å²) in [5, 5.41) is 0.507. The third kappa shape index (κ3) is 4.88. The number of nitrogens with two attached hydrogens (primary N) is 1. The first-order valence-electron chi connectivity index (χ1n) is 10.1. The zero-order valence-electron chi connectivity index (χ0n) is 17.8. The van der Waals surface area contributed by atoms with Gasteiger partial charge in [-0.05, 0) is 24.6 Å². The average Bonchev–Trinajstić information content (AvgIpc) is 3.18. The highest BCUT2D eigenvalue weighted by atomic mass is 32.2. The molecule has 2 aliphatic rings. The summed E-state index contributed by atoms with van der Waals surface area (Å²) < 4.78 is 13.7. The molecule has 0 bridgehead atoms. The van der Waals surface area contributed by atoms with Gasteiger partial charge in [0.2, 0.25) is 5.97 Å². The summed E-state index contributed by atoms with van der Waals surface area (Å²) >= 11 is 1.51. The van der Waals surface area contributed by atoms with Gasteiger partial charge >= 0.3 is 0 Å². The van der Waals surface area contributed by atoms with Gasteiger partial charge in [-0.25, -0.2) is 4.99 Å². The topological polar surface area (TPSA) is 71.0 Å². The Labute approximate surface area is 187 Å². The molecule has 5 nitrogen and oxygen atoms in total. The van der Waals surface area contributed by atoms with Crippen LogP contribution >= 0.6 is 11.8 Å². The van der Waals surface area contributed by atoms with E-state index in [2.05, 4.69) is 11.6 Å². The molecule has 2 atom stereocenters. The van der Waals surface area contributed by atoms with Crippen LogP contribution < -0.4 is 5.73 Å². The highest BCUT2D eigenvalue weighted by molar-refractivity contribution is 8.13. The first-order valence-corrected chi connectivity index (χ1v) is 11.1. The van der Waals surface area contributed by atoms with Crippen molar-refractivity contribution in [3.05, 3.63) is 84.0 Å². The number of halogens is 1. The standard InChI is InChI=1S/C24H27FN4OS/c1-4-18(21(25)27-3)11-9-8-10-17(2)24-16-29(14-20(24)15-31-23(26)28-24)22(30)19-12-6-5-7-13-19/h4-13,20H,2,14-16H2,1,3H3,(H2,26,28)/t20-,24+/m0/s1. The van der Waals surface area contributed by atoms with Gasteiger partial charge < -0.3 is 10.6 Å². The molecule has 0 unspecified atom stereocenters. The SMILES string of the molecule is C=C(C=CC=CC(=CC)C(F)=NC)[C@]12CN(C(=O)c3ccccc3)C[C@H]1CSC(N)=N2. The summed E-state index contributed by atoms with van der Waals surface area (Å²) in [6.07, 6.45) is 8.71. The maximum absolute atomic E-state index is 13.7. The number of benzene rings is 1. The lowest BCUT2D eigenvalue weighted by Crippen LogP contribution is -2.43. The Morgan fingerprint density at radius 1 is 1.35 bits per heavy atom. The van der Waals surface area contributed by atoms with E-state index < -0.39 is 11.5 Å². The highest BCUT2D eigenvalue weighted by Gasteiger charge is 2.51. The van der Waals surface area contributed by atoms with E-state index in [1.165, 1.54) is 18.8 Å². The first kappa shape index (κ1) is 22.7. The number of amides is 1. The molecule has 2 heterocycles. The number of rotatable bonds is 6. The van der Waals surface area contributed by atoms with E-state index in [-0.39, 0.29) is 11.8 Å². The van der Waals surface area contributed by atoms with Gasteiger partial charge in [0.05, 0.1) is 6.54 Å². The molecule has 2 N–H and O–H groups in total. The first-order chi connectivity index (χ1) is 14.9. The van der Waals surface area contributed by atoms with Gasteiger partial charge in [-0.15, -0.1) is 0 Å². The minimum Gasteiger partial charge on any atom is -0.379 e. The van der Waals surface area contributed by atoms with E-state index in [0.717, 1.165) is 11.3 Å². The Bertz CT molecular complexity index is 996. The van der Waals surface area contributed by atoms with Crippen LogP contribution in [-0.4, -0.2) is 53.4 Å². The summed E-state index contributed by atoms with van der Waals surface area (Å²) in [7, 11) is 1.41.